The minimum absolute atomic E-state index is 0.0438. The van der Waals surface area contributed by atoms with Crippen molar-refractivity contribution in [3.05, 3.63) is 87.8 Å². The first kappa shape index (κ1) is 24.6. The summed E-state index contributed by atoms with van der Waals surface area (Å²) in [6.07, 6.45) is 3.17. The number of Topliss-reactive ketones (excluding diaryl/α,β-unsaturated/α-hetero) is 1. The van der Waals surface area contributed by atoms with Crippen LogP contribution >= 0.6 is 11.6 Å². The maximum absolute atomic E-state index is 13.2. The van der Waals surface area contributed by atoms with Gasteiger partial charge in [-0.05, 0) is 74.4 Å². The first-order valence-corrected chi connectivity index (χ1v) is 12.1. The summed E-state index contributed by atoms with van der Waals surface area (Å²) in [7, 11) is 0. The predicted molar refractivity (Wildman–Crippen MR) is 136 cm³/mol. The summed E-state index contributed by atoms with van der Waals surface area (Å²) >= 11 is 6.32. The number of nitrogens with zero attached hydrogens (tertiary/aromatic N) is 1. The summed E-state index contributed by atoms with van der Waals surface area (Å²) in [5.41, 5.74) is 1.64. The standard InChI is InChI=1S/C28H28ClNO5/c1-4-5-6-15-34-21-12-9-19(10-13-21)26(31)24-25(23-14-8-18(3)35-23)30(28(33)27(24)32)20-11-7-17(2)22(29)16-20/h7-14,16,25,31H,4-6,15H2,1-3H3/b26-24-. The molecule has 0 saturated carbocycles. The first-order valence-electron chi connectivity index (χ1n) is 11.7. The lowest BCUT2D eigenvalue weighted by molar-refractivity contribution is -0.132. The zero-order valence-corrected chi connectivity index (χ0v) is 20.8. The summed E-state index contributed by atoms with van der Waals surface area (Å²) in [5.74, 6) is -0.168. The van der Waals surface area contributed by atoms with Crippen molar-refractivity contribution in [3.63, 3.8) is 0 Å². The molecule has 1 aromatic heterocycles. The Kier molecular flexibility index (Phi) is 7.31. The van der Waals surface area contributed by atoms with E-state index in [0.717, 1.165) is 24.8 Å². The maximum Gasteiger partial charge on any atom is 0.300 e. The molecule has 1 aliphatic rings. The van der Waals surface area contributed by atoms with Crippen LogP contribution in [0.25, 0.3) is 5.76 Å². The zero-order valence-electron chi connectivity index (χ0n) is 20.0. The Bertz CT molecular complexity index is 1270. The second-order valence-electron chi connectivity index (χ2n) is 8.63. The molecule has 1 atom stereocenters. The number of amides is 1. The molecular formula is C28H28ClNO5. The minimum Gasteiger partial charge on any atom is -0.507 e. The van der Waals surface area contributed by atoms with E-state index >= 15 is 0 Å². The third-order valence-corrected chi connectivity index (χ3v) is 6.46. The molecule has 2 heterocycles. The van der Waals surface area contributed by atoms with Gasteiger partial charge >= 0.3 is 0 Å². The molecule has 6 nitrogen and oxygen atoms in total. The lowest BCUT2D eigenvalue weighted by Crippen LogP contribution is -2.29. The molecule has 0 aliphatic carbocycles. The van der Waals surface area contributed by atoms with Crippen molar-refractivity contribution in [1.82, 2.24) is 0 Å². The summed E-state index contributed by atoms with van der Waals surface area (Å²) in [6.45, 7) is 6.37. The second-order valence-corrected chi connectivity index (χ2v) is 9.04. The lowest BCUT2D eigenvalue weighted by Gasteiger charge is -2.24. The number of carbonyl (C=O) groups is 2. The number of hydrogen-bond donors (Lipinski definition) is 1. The van der Waals surface area contributed by atoms with Crippen LogP contribution in [-0.4, -0.2) is 23.4 Å². The first-order chi connectivity index (χ1) is 16.8. The summed E-state index contributed by atoms with van der Waals surface area (Å²) < 4.78 is 11.6. The van der Waals surface area contributed by atoms with Crippen molar-refractivity contribution in [3.8, 4) is 5.75 Å². The van der Waals surface area contributed by atoms with E-state index in [0.29, 0.717) is 40.2 Å². The second kappa shape index (κ2) is 10.4. The van der Waals surface area contributed by atoms with E-state index in [4.69, 9.17) is 20.8 Å². The van der Waals surface area contributed by atoms with Gasteiger partial charge in [-0.3, -0.25) is 14.5 Å². The van der Waals surface area contributed by atoms with Gasteiger partial charge in [-0.15, -0.1) is 0 Å². The highest BCUT2D eigenvalue weighted by atomic mass is 35.5. The molecule has 1 N–H and O–H groups in total. The normalized spacial score (nSPS) is 17.3. The van der Waals surface area contributed by atoms with Gasteiger partial charge in [0.25, 0.3) is 11.7 Å². The Morgan fingerprint density at radius 3 is 2.43 bits per heavy atom. The van der Waals surface area contributed by atoms with Gasteiger partial charge in [0.15, 0.2) is 0 Å². The molecule has 0 bridgehead atoms. The third-order valence-electron chi connectivity index (χ3n) is 6.05. The van der Waals surface area contributed by atoms with Gasteiger partial charge in [0.05, 0.1) is 12.2 Å². The van der Waals surface area contributed by atoms with Crippen LogP contribution in [-0.2, 0) is 9.59 Å². The van der Waals surface area contributed by atoms with Crippen molar-refractivity contribution >= 4 is 34.7 Å². The number of carbonyl (C=O) groups excluding carboxylic acids is 2. The number of rotatable bonds is 8. The van der Waals surface area contributed by atoms with Crippen LogP contribution in [0.3, 0.4) is 0 Å². The van der Waals surface area contributed by atoms with Gasteiger partial charge in [-0.2, -0.15) is 0 Å². The SMILES string of the molecule is CCCCCOc1ccc(/C(O)=C2/C(=O)C(=O)N(c3ccc(C)c(Cl)c3)C2c2ccc(C)o2)cc1. The van der Waals surface area contributed by atoms with E-state index in [1.54, 1.807) is 61.5 Å². The molecule has 0 radical (unpaired) electrons. The predicted octanol–water partition coefficient (Wildman–Crippen LogP) is 6.75. The Labute approximate surface area is 209 Å². The highest BCUT2D eigenvalue weighted by Crippen LogP contribution is 2.43. The minimum atomic E-state index is -0.938. The number of unbranched alkanes of at least 4 members (excludes halogenated alkanes) is 2. The molecule has 1 aliphatic heterocycles. The van der Waals surface area contributed by atoms with Crippen molar-refractivity contribution in [1.29, 1.82) is 0 Å². The van der Waals surface area contributed by atoms with E-state index in [1.165, 1.54) is 4.90 Å². The fraction of sp³-hybridized carbons (Fsp3) is 0.286. The number of halogens is 1. The van der Waals surface area contributed by atoms with Crippen LogP contribution in [0.15, 0.2) is 64.6 Å². The van der Waals surface area contributed by atoms with Crippen molar-refractivity contribution in [2.75, 3.05) is 11.5 Å². The van der Waals surface area contributed by atoms with Crippen LogP contribution < -0.4 is 9.64 Å². The maximum atomic E-state index is 13.2. The number of benzene rings is 2. The average Bonchev–Trinajstić information content (AvgIpc) is 3.39. The van der Waals surface area contributed by atoms with Gasteiger partial charge in [0.2, 0.25) is 0 Å². The molecule has 1 unspecified atom stereocenters. The van der Waals surface area contributed by atoms with Gasteiger partial charge in [0, 0.05) is 16.3 Å². The fourth-order valence-electron chi connectivity index (χ4n) is 4.11. The van der Waals surface area contributed by atoms with Gasteiger partial charge in [-0.1, -0.05) is 37.4 Å². The van der Waals surface area contributed by atoms with Gasteiger partial charge in [0.1, 0.15) is 29.1 Å². The molecule has 7 heteroatoms. The Hall–Kier alpha value is -3.51. The Balaban J connectivity index is 1.75. The van der Waals surface area contributed by atoms with Crippen molar-refractivity contribution in [2.24, 2.45) is 0 Å². The topological polar surface area (TPSA) is 80.0 Å². The molecule has 182 valence electrons. The highest BCUT2D eigenvalue weighted by Gasteiger charge is 2.48. The number of hydrogen-bond acceptors (Lipinski definition) is 5. The molecule has 3 aromatic rings. The molecule has 35 heavy (non-hydrogen) atoms. The number of ether oxygens (including phenoxy) is 1. The zero-order chi connectivity index (χ0) is 25.1. The van der Waals surface area contributed by atoms with Crippen LogP contribution in [0.1, 0.15) is 54.9 Å². The molecule has 1 saturated heterocycles. The summed E-state index contributed by atoms with van der Waals surface area (Å²) in [5, 5.41) is 11.7. The van der Waals surface area contributed by atoms with Gasteiger partial charge in [-0.25, -0.2) is 0 Å². The van der Waals surface area contributed by atoms with Gasteiger partial charge < -0.3 is 14.3 Å². The molecule has 2 aromatic carbocycles. The lowest BCUT2D eigenvalue weighted by atomic mass is 9.99. The number of furan rings is 1. The molecule has 4 rings (SSSR count). The fourth-order valence-corrected chi connectivity index (χ4v) is 4.28. The molecule has 1 amide bonds. The third kappa shape index (κ3) is 4.98. The monoisotopic (exact) mass is 493 g/mol. The van der Waals surface area contributed by atoms with Crippen molar-refractivity contribution < 1.29 is 23.8 Å². The van der Waals surface area contributed by atoms with Crippen LogP contribution in [0.2, 0.25) is 5.02 Å². The van der Waals surface area contributed by atoms with Crippen molar-refractivity contribution in [2.45, 2.75) is 46.1 Å². The Morgan fingerprint density at radius 1 is 1.06 bits per heavy atom. The number of aliphatic hydroxyl groups is 1. The summed E-state index contributed by atoms with van der Waals surface area (Å²) in [4.78, 5) is 27.7. The number of aliphatic hydroxyl groups excluding tert-OH is 1. The number of anilines is 1. The van der Waals surface area contributed by atoms with E-state index in [9.17, 15) is 14.7 Å². The quantitative estimate of drug-likeness (QED) is 0.162. The van der Waals surface area contributed by atoms with E-state index in [2.05, 4.69) is 6.92 Å². The van der Waals surface area contributed by atoms with Crippen LogP contribution in [0.4, 0.5) is 5.69 Å². The average molecular weight is 494 g/mol. The molecule has 1 fully saturated rings. The Morgan fingerprint density at radius 2 is 1.80 bits per heavy atom. The number of aryl methyl sites for hydroxylation is 2. The molecular weight excluding hydrogens is 466 g/mol. The van der Waals surface area contributed by atoms with E-state index in [-0.39, 0.29) is 11.3 Å². The van der Waals surface area contributed by atoms with E-state index in [1.807, 2.05) is 6.92 Å². The van der Waals surface area contributed by atoms with E-state index < -0.39 is 17.7 Å². The molecule has 0 spiro atoms. The largest absolute Gasteiger partial charge is 0.507 e. The smallest absolute Gasteiger partial charge is 0.300 e. The van der Waals surface area contributed by atoms with Crippen LogP contribution in [0.5, 0.6) is 5.75 Å². The van der Waals surface area contributed by atoms with Crippen LogP contribution in [0, 0.1) is 13.8 Å². The summed E-state index contributed by atoms with van der Waals surface area (Å²) in [6, 6.07) is 14.5. The highest BCUT2D eigenvalue weighted by molar-refractivity contribution is 6.51. The number of ketones is 1.